The molecule has 1 amide bonds. The lowest BCUT2D eigenvalue weighted by Crippen LogP contribution is -2.14. The number of hydrogen-bond acceptors (Lipinski definition) is 3. The quantitative estimate of drug-likeness (QED) is 0.466. The molecular formula is C22H16Cl2N4O. The lowest BCUT2D eigenvalue weighted by molar-refractivity contribution is -0.115. The Morgan fingerprint density at radius 3 is 2.41 bits per heavy atom. The van der Waals surface area contributed by atoms with E-state index < -0.39 is 0 Å². The van der Waals surface area contributed by atoms with E-state index in [-0.39, 0.29) is 12.3 Å². The summed E-state index contributed by atoms with van der Waals surface area (Å²) in [5, 5.41) is 4.07. The van der Waals surface area contributed by atoms with Crippen molar-refractivity contribution in [2.24, 2.45) is 0 Å². The van der Waals surface area contributed by atoms with Gasteiger partial charge in [0.05, 0.1) is 17.1 Å². The summed E-state index contributed by atoms with van der Waals surface area (Å²) in [6, 6.07) is 18.4. The van der Waals surface area contributed by atoms with Gasteiger partial charge in [-0.05, 0) is 48.5 Å². The third-order valence-corrected chi connectivity index (χ3v) is 4.86. The first-order valence-corrected chi connectivity index (χ1v) is 9.65. The average molecular weight is 423 g/mol. The zero-order valence-corrected chi connectivity index (χ0v) is 16.7. The lowest BCUT2D eigenvalue weighted by atomic mass is 10.2. The van der Waals surface area contributed by atoms with E-state index in [1.807, 2.05) is 59.3 Å². The van der Waals surface area contributed by atoms with Crippen molar-refractivity contribution in [1.82, 2.24) is 14.5 Å². The minimum atomic E-state index is -0.164. The maximum Gasteiger partial charge on any atom is 0.230 e. The number of amides is 1. The average Bonchev–Trinajstić information content (AvgIpc) is 3.13. The minimum absolute atomic E-state index is 0.125. The summed E-state index contributed by atoms with van der Waals surface area (Å²) in [6.07, 6.45) is 5.22. The van der Waals surface area contributed by atoms with Gasteiger partial charge in [-0.3, -0.25) is 14.3 Å². The minimum Gasteiger partial charge on any atom is -0.326 e. The number of anilines is 1. The maximum absolute atomic E-state index is 12.5. The van der Waals surface area contributed by atoms with E-state index in [0.717, 1.165) is 11.3 Å². The molecule has 0 fully saturated rings. The van der Waals surface area contributed by atoms with E-state index in [2.05, 4.69) is 10.3 Å². The second kappa shape index (κ2) is 8.47. The fourth-order valence-electron chi connectivity index (χ4n) is 2.95. The van der Waals surface area contributed by atoms with Crippen molar-refractivity contribution in [3.05, 3.63) is 95.0 Å². The molecule has 0 radical (unpaired) electrons. The van der Waals surface area contributed by atoms with Crippen molar-refractivity contribution in [3.63, 3.8) is 0 Å². The van der Waals surface area contributed by atoms with Crippen LogP contribution in [0, 0.1) is 0 Å². The van der Waals surface area contributed by atoms with Gasteiger partial charge in [-0.1, -0.05) is 35.3 Å². The zero-order valence-electron chi connectivity index (χ0n) is 15.2. The molecule has 2 aromatic heterocycles. The molecule has 0 saturated carbocycles. The number of benzene rings is 2. The highest BCUT2D eigenvalue weighted by Crippen LogP contribution is 2.29. The van der Waals surface area contributed by atoms with Gasteiger partial charge < -0.3 is 5.32 Å². The molecule has 5 nitrogen and oxygen atoms in total. The van der Waals surface area contributed by atoms with Gasteiger partial charge in [0.15, 0.2) is 0 Å². The Morgan fingerprint density at radius 2 is 1.69 bits per heavy atom. The van der Waals surface area contributed by atoms with Gasteiger partial charge in [0, 0.05) is 40.6 Å². The molecule has 0 aliphatic heterocycles. The Hall–Kier alpha value is -3.15. The van der Waals surface area contributed by atoms with Crippen LogP contribution in [0.4, 0.5) is 5.69 Å². The summed E-state index contributed by atoms with van der Waals surface area (Å²) in [5.41, 5.74) is 2.97. The van der Waals surface area contributed by atoms with E-state index in [1.165, 1.54) is 0 Å². The van der Waals surface area contributed by atoms with Gasteiger partial charge in [-0.25, -0.2) is 4.98 Å². The van der Waals surface area contributed by atoms with Crippen LogP contribution in [-0.2, 0) is 11.2 Å². The first-order valence-electron chi connectivity index (χ1n) is 8.89. The molecule has 2 aromatic carbocycles. The maximum atomic E-state index is 12.5. The van der Waals surface area contributed by atoms with E-state index >= 15 is 0 Å². The van der Waals surface area contributed by atoms with Gasteiger partial charge in [-0.15, -0.1) is 0 Å². The second-order valence-corrected chi connectivity index (χ2v) is 7.19. The van der Waals surface area contributed by atoms with Crippen LogP contribution in [0.15, 0.2) is 79.3 Å². The normalized spacial score (nSPS) is 10.7. The van der Waals surface area contributed by atoms with Crippen LogP contribution < -0.4 is 5.32 Å². The number of nitrogens with one attached hydrogen (secondary N) is 1. The molecule has 0 bridgehead atoms. The predicted molar refractivity (Wildman–Crippen MR) is 116 cm³/mol. The number of carbonyl (C=O) groups excluding carboxylic acids is 1. The number of imidazole rings is 1. The zero-order chi connectivity index (χ0) is 20.2. The van der Waals surface area contributed by atoms with E-state index in [0.29, 0.717) is 27.3 Å². The molecule has 0 unspecified atom stereocenters. The van der Waals surface area contributed by atoms with Gasteiger partial charge in [0.2, 0.25) is 5.91 Å². The largest absolute Gasteiger partial charge is 0.326 e. The number of rotatable bonds is 5. The third kappa shape index (κ3) is 4.47. The molecule has 1 N–H and O–H groups in total. The molecule has 7 heteroatoms. The molecule has 2 heterocycles. The lowest BCUT2D eigenvalue weighted by Gasteiger charge is -2.09. The van der Waals surface area contributed by atoms with E-state index in [9.17, 15) is 4.79 Å². The highest BCUT2D eigenvalue weighted by atomic mass is 35.5. The van der Waals surface area contributed by atoms with Crippen molar-refractivity contribution in [2.75, 3.05) is 5.32 Å². The van der Waals surface area contributed by atoms with Gasteiger partial charge >= 0.3 is 0 Å². The van der Waals surface area contributed by atoms with Crippen LogP contribution in [0.1, 0.15) is 5.69 Å². The van der Waals surface area contributed by atoms with Crippen molar-refractivity contribution < 1.29 is 4.79 Å². The first kappa shape index (κ1) is 19.2. The molecule has 0 saturated heterocycles. The van der Waals surface area contributed by atoms with Gasteiger partial charge in [0.25, 0.3) is 0 Å². The fourth-order valence-corrected chi connectivity index (χ4v) is 3.30. The molecule has 144 valence electrons. The molecule has 29 heavy (non-hydrogen) atoms. The van der Waals surface area contributed by atoms with Gasteiger partial charge in [0.1, 0.15) is 5.82 Å². The monoisotopic (exact) mass is 422 g/mol. The molecule has 4 rings (SSSR count). The predicted octanol–water partition coefficient (Wildman–Crippen LogP) is 5.42. The van der Waals surface area contributed by atoms with Crippen LogP contribution in [0.5, 0.6) is 0 Å². The Kier molecular flexibility index (Phi) is 5.60. The highest BCUT2D eigenvalue weighted by Gasteiger charge is 2.16. The Morgan fingerprint density at radius 1 is 0.966 bits per heavy atom. The van der Waals surface area contributed by atoms with Crippen molar-refractivity contribution in [3.8, 4) is 17.1 Å². The van der Waals surface area contributed by atoms with Crippen molar-refractivity contribution in [1.29, 1.82) is 0 Å². The second-order valence-electron chi connectivity index (χ2n) is 6.34. The number of hydrogen-bond donors (Lipinski definition) is 1. The van der Waals surface area contributed by atoms with Gasteiger partial charge in [-0.2, -0.15) is 0 Å². The third-order valence-electron chi connectivity index (χ3n) is 4.28. The number of nitrogens with zero attached hydrogens (tertiary/aromatic N) is 3. The fraction of sp³-hybridized carbons (Fsp3) is 0.0455. The van der Waals surface area contributed by atoms with Crippen molar-refractivity contribution in [2.45, 2.75) is 6.42 Å². The summed E-state index contributed by atoms with van der Waals surface area (Å²) < 4.78 is 1.91. The number of aromatic nitrogens is 3. The highest BCUT2D eigenvalue weighted by molar-refractivity contribution is 6.33. The van der Waals surface area contributed by atoms with Crippen LogP contribution in [0.3, 0.4) is 0 Å². The number of carbonyl (C=O) groups is 1. The molecular weight excluding hydrogens is 407 g/mol. The number of halogens is 2. The molecule has 0 spiro atoms. The number of pyridine rings is 1. The summed E-state index contributed by atoms with van der Waals surface area (Å²) in [5.74, 6) is 0.493. The Balaban J connectivity index is 1.69. The molecule has 0 aliphatic rings. The molecule has 0 atom stereocenters. The topological polar surface area (TPSA) is 59.8 Å². The van der Waals surface area contributed by atoms with Crippen LogP contribution in [-0.4, -0.2) is 20.4 Å². The summed E-state index contributed by atoms with van der Waals surface area (Å²) >= 11 is 12.4. The Labute approximate surface area is 178 Å². The van der Waals surface area contributed by atoms with E-state index in [1.54, 1.807) is 24.5 Å². The molecule has 0 aliphatic carbocycles. The smallest absolute Gasteiger partial charge is 0.230 e. The Bertz CT molecular complexity index is 1140. The first-order chi connectivity index (χ1) is 14.1. The SMILES string of the molecule is O=C(Cc1cn(-c2ccc(Cl)cc2)c(-c2ccccc2Cl)n1)Nc1ccncc1. The molecule has 4 aromatic rings. The summed E-state index contributed by atoms with van der Waals surface area (Å²) in [6.45, 7) is 0. The van der Waals surface area contributed by atoms with Crippen LogP contribution in [0.25, 0.3) is 17.1 Å². The van der Waals surface area contributed by atoms with Crippen molar-refractivity contribution >= 4 is 34.8 Å². The van der Waals surface area contributed by atoms with Crippen LogP contribution >= 0.6 is 23.2 Å². The summed E-state index contributed by atoms with van der Waals surface area (Å²) in [7, 11) is 0. The van der Waals surface area contributed by atoms with Crippen LogP contribution in [0.2, 0.25) is 10.0 Å². The standard InChI is InChI=1S/C22H16Cl2N4O/c23-15-5-7-18(8-6-15)28-14-17(13-21(29)26-16-9-11-25-12-10-16)27-22(28)19-3-1-2-4-20(19)24/h1-12,14H,13H2,(H,25,26,29). The van der Waals surface area contributed by atoms with E-state index in [4.69, 9.17) is 28.2 Å². The summed E-state index contributed by atoms with van der Waals surface area (Å²) in [4.78, 5) is 21.1.